The fraction of sp³-hybridized carbons (Fsp3) is 0.500. The molecule has 0 saturated heterocycles. The smallest absolute Gasteiger partial charge is 0.395 e. The average Bonchev–Trinajstić information content (AvgIpc) is 2.66. The number of alkyl halides is 3. The first-order valence-corrected chi connectivity index (χ1v) is 4.39. The molecule has 0 saturated carbocycles. The molecular weight excluding hydrogens is 227 g/mol. The van der Waals surface area contributed by atoms with Crippen molar-refractivity contribution in [1.29, 1.82) is 0 Å². The van der Waals surface area contributed by atoms with Gasteiger partial charge in [-0.25, -0.2) is 4.98 Å². The van der Waals surface area contributed by atoms with Crippen molar-refractivity contribution in [2.75, 3.05) is 19.7 Å². The van der Waals surface area contributed by atoms with Gasteiger partial charge in [0.25, 0.3) is 5.91 Å². The van der Waals surface area contributed by atoms with Gasteiger partial charge in [0.2, 0.25) is 0 Å². The number of imidazole rings is 1. The molecule has 0 aliphatic heterocycles. The predicted octanol–water partition coefficient (Wildman–Crippen LogP) is 0.407. The quantitative estimate of drug-likeness (QED) is 0.796. The largest absolute Gasteiger partial charge is 0.406 e. The van der Waals surface area contributed by atoms with E-state index in [-0.39, 0.29) is 12.2 Å². The summed E-state index contributed by atoms with van der Waals surface area (Å²) in [4.78, 5) is 18.0. The Bertz CT molecular complexity index is 337. The topological polar surface area (TPSA) is 69.2 Å². The number of aliphatic hydroxyl groups is 1. The van der Waals surface area contributed by atoms with Crippen molar-refractivity contribution in [3.05, 3.63) is 18.2 Å². The Hall–Kier alpha value is -1.57. The number of aromatic nitrogens is 2. The van der Waals surface area contributed by atoms with E-state index < -0.39 is 25.2 Å². The molecule has 1 aromatic heterocycles. The van der Waals surface area contributed by atoms with Gasteiger partial charge in [-0.3, -0.25) is 4.79 Å². The number of rotatable bonds is 4. The van der Waals surface area contributed by atoms with Crippen LogP contribution in [0, 0.1) is 0 Å². The van der Waals surface area contributed by atoms with Crippen LogP contribution in [-0.4, -0.2) is 51.8 Å². The number of carbonyl (C=O) groups excluding carboxylic acids is 1. The van der Waals surface area contributed by atoms with Gasteiger partial charge in [0.05, 0.1) is 19.1 Å². The Morgan fingerprint density at radius 3 is 2.69 bits per heavy atom. The van der Waals surface area contributed by atoms with Crippen molar-refractivity contribution in [2.24, 2.45) is 0 Å². The van der Waals surface area contributed by atoms with E-state index in [4.69, 9.17) is 5.11 Å². The third-order valence-electron chi connectivity index (χ3n) is 1.76. The number of H-pyrrole nitrogens is 1. The van der Waals surface area contributed by atoms with E-state index >= 15 is 0 Å². The number of nitrogens with zero attached hydrogens (tertiary/aromatic N) is 2. The number of nitrogens with one attached hydrogen (secondary N) is 1. The molecule has 16 heavy (non-hydrogen) atoms. The van der Waals surface area contributed by atoms with E-state index in [0.29, 0.717) is 4.90 Å². The van der Waals surface area contributed by atoms with Crippen molar-refractivity contribution < 1.29 is 23.1 Å². The predicted molar refractivity (Wildman–Crippen MR) is 47.6 cm³/mol. The molecule has 0 radical (unpaired) electrons. The first kappa shape index (κ1) is 12.5. The van der Waals surface area contributed by atoms with Gasteiger partial charge >= 0.3 is 6.18 Å². The third-order valence-corrected chi connectivity index (χ3v) is 1.76. The molecule has 1 heterocycles. The van der Waals surface area contributed by atoms with Crippen LogP contribution in [0.2, 0.25) is 0 Å². The molecule has 90 valence electrons. The van der Waals surface area contributed by atoms with E-state index in [1.807, 2.05) is 0 Å². The standard InChI is InChI=1S/C8H10F3N3O2/c9-8(10,11)4-14(1-2-15)7(16)6-3-12-5-13-6/h3,5,15H,1-2,4H2,(H,12,13). The molecule has 2 N–H and O–H groups in total. The van der Waals surface area contributed by atoms with Crippen LogP contribution in [0.1, 0.15) is 10.5 Å². The van der Waals surface area contributed by atoms with Crippen molar-refractivity contribution in [3.63, 3.8) is 0 Å². The molecule has 0 aromatic carbocycles. The van der Waals surface area contributed by atoms with Gasteiger partial charge in [-0.05, 0) is 0 Å². The highest BCUT2D eigenvalue weighted by atomic mass is 19.4. The first-order chi connectivity index (χ1) is 7.44. The molecule has 1 amide bonds. The number of halogens is 3. The van der Waals surface area contributed by atoms with Gasteiger partial charge in [-0.1, -0.05) is 0 Å². The van der Waals surface area contributed by atoms with Gasteiger partial charge in [0.15, 0.2) is 0 Å². The second-order valence-corrected chi connectivity index (χ2v) is 3.03. The molecule has 0 atom stereocenters. The molecule has 1 rings (SSSR count). The van der Waals surface area contributed by atoms with E-state index in [2.05, 4.69) is 9.97 Å². The van der Waals surface area contributed by atoms with Gasteiger partial charge in [0.1, 0.15) is 12.2 Å². The van der Waals surface area contributed by atoms with E-state index in [0.717, 1.165) is 6.20 Å². The van der Waals surface area contributed by atoms with Crippen LogP contribution in [0.15, 0.2) is 12.5 Å². The summed E-state index contributed by atoms with van der Waals surface area (Å²) >= 11 is 0. The maximum Gasteiger partial charge on any atom is 0.406 e. The monoisotopic (exact) mass is 237 g/mol. The minimum absolute atomic E-state index is 0.0438. The van der Waals surface area contributed by atoms with Crippen LogP contribution in [0.3, 0.4) is 0 Å². The van der Waals surface area contributed by atoms with Crippen LogP contribution >= 0.6 is 0 Å². The summed E-state index contributed by atoms with van der Waals surface area (Å²) < 4.78 is 36.4. The second-order valence-electron chi connectivity index (χ2n) is 3.03. The molecule has 0 bridgehead atoms. The lowest BCUT2D eigenvalue weighted by Crippen LogP contribution is -2.40. The SMILES string of the molecule is O=C(c1cnc[nH]1)N(CCO)CC(F)(F)F. The minimum atomic E-state index is -4.50. The number of aliphatic hydroxyl groups excluding tert-OH is 1. The van der Waals surface area contributed by atoms with Crippen LogP contribution in [0.5, 0.6) is 0 Å². The molecule has 0 unspecified atom stereocenters. The van der Waals surface area contributed by atoms with Crippen LogP contribution in [-0.2, 0) is 0 Å². The maximum absolute atomic E-state index is 12.1. The lowest BCUT2D eigenvalue weighted by molar-refractivity contribution is -0.141. The fourth-order valence-electron chi connectivity index (χ4n) is 1.13. The highest BCUT2D eigenvalue weighted by Gasteiger charge is 2.33. The van der Waals surface area contributed by atoms with Gasteiger partial charge in [0, 0.05) is 6.54 Å². The normalized spacial score (nSPS) is 11.5. The minimum Gasteiger partial charge on any atom is -0.395 e. The average molecular weight is 237 g/mol. The molecular formula is C8H10F3N3O2. The summed E-state index contributed by atoms with van der Waals surface area (Å²) in [5.41, 5.74) is -0.0438. The number of carbonyl (C=O) groups is 1. The second kappa shape index (κ2) is 4.97. The lowest BCUT2D eigenvalue weighted by Gasteiger charge is -2.22. The molecule has 1 aromatic rings. The Morgan fingerprint density at radius 1 is 1.56 bits per heavy atom. The van der Waals surface area contributed by atoms with Gasteiger partial charge in [-0.15, -0.1) is 0 Å². The summed E-state index contributed by atoms with van der Waals surface area (Å²) in [7, 11) is 0. The molecule has 0 aliphatic carbocycles. The Kier molecular flexibility index (Phi) is 3.88. The summed E-state index contributed by atoms with van der Waals surface area (Å²) in [6.45, 7) is -2.31. The zero-order valence-electron chi connectivity index (χ0n) is 8.16. The van der Waals surface area contributed by atoms with Crippen LogP contribution in [0.4, 0.5) is 13.2 Å². The van der Waals surface area contributed by atoms with Crippen molar-refractivity contribution in [2.45, 2.75) is 6.18 Å². The summed E-state index contributed by atoms with van der Waals surface area (Å²) in [6.07, 6.45) is -2.17. The number of amides is 1. The Morgan fingerprint density at radius 2 is 2.25 bits per heavy atom. The van der Waals surface area contributed by atoms with Gasteiger partial charge < -0.3 is 15.0 Å². The highest BCUT2D eigenvalue weighted by molar-refractivity contribution is 5.92. The van der Waals surface area contributed by atoms with Crippen LogP contribution < -0.4 is 0 Å². The maximum atomic E-state index is 12.1. The molecule has 0 aliphatic rings. The van der Waals surface area contributed by atoms with Crippen LogP contribution in [0.25, 0.3) is 0 Å². The van der Waals surface area contributed by atoms with Crippen molar-refractivity contribution in [1.82, 2.24) is 14.9 Å². The van der Waals surface area contributed by atoms with Crippen molar-refractivity contribution >= 4 is 5.91 Å². The fourth-order valence-corrected chi connectivity index (χ4v) is 1.13. The first-order valence-electron chi connectivity index (χ1n) is 4.39. The summed E-state index contributed by atoms with van der Waals surface area (Å²) in [5.74, 6) is -0.844. The number of aromatic amines is 1. The summed E-state index contributed by atoms with van der Waals surface area (Å²) in [5, 5.41) is 8.59. The zero-order chi connectivity index (χ0) is 12.2. The van der Waals surface area contributed by atoms with E-state index in [9.17, 15) is 18.0 Å². The molecule has 0 fully saturated rings. The Balaban J connectivity index is 2.74. The van der Waals surface area contributed by atoms with Crippen molar-refractivity contribution in [3.8, 4) is 0 Å². The third kappa shape index (κ3) is 3.54. The lowest BCUT2D eigenvalue weighted by atomic mass is 10.3. The molecule has 0 spiro atoms. The van der Waals surface area contributed by atoms with E-state index in [1.54, 1.807) is 0 Å². The molecule has 8 heteroatoms. The molecule has 5 nitrogen and oxygen atoms in total. The van der Waals surface area contributed by atoms with Gasteiger partial charge in [-0.2, -0.15) is 13.2 Å². The summed E-state index contributed by atoms with van der Waals surface area (Å²) in [6, 6.07) is 0. The zero-order valence-corrected chi connectivity index (χ0v) is 8.16. The van der Waals surface area contributed by atoms with E-state index in [1.165, 1.54) is 6.33 Å². The number of hydrogen-bond acceptors (Lipinski definition) is 3. The Labute approximate surface area is 88.9 Å². The number of hydrogen-bond donors (Lipinski definition) is 2. The highest BCUT2D eigenvalue weighted by Crippen LogP contribution is 2.17.